The van der Waals surface area contributed by atoms with Crippen LogP contribution in [0.25, 0.3) is 0 Å². The standard InChI is InChI=1S/C13H14Br2FNO/c14-7-9-3-2-6-17(8-9)13(18)10-4-1-5-11(16)12(10)15/h1,4-5,9H,2-3,6-8H2. The third kappa shape index (κ3) is 2.94. The number of hydrogen-bond acceptors (Lipinski definition) is 1. The van der Waals surface area contributed by atoms with Crippen molar-refractivity contribution in [3.05, 3.63) is 34.1 Å². The van der Waals surface area contributed by atoms with Gasteiger partial charge in [0.05, 0.1) is 10.0 Å². The third-order valence-electron chi connectivity index (χ3n) is 3.21. The summed E-state index contributed by atoms with van der Waals surface area (Å²) in [5.41, 5.74) is 0.408. The molecule has 2 rings (SSSR count). The second-order valence-corrected chi connectivity index (χ2v) is 5.96. The van der Waals surface area contributed by atoms with Gasteiger partial charge in [-0.2, -0.15) is 0 Å². The predicted octanol–water partition coefficient (Wildman–Crippen LogP) is 3.84. The molecule has 1 saturated heterocycles. The van der Waals surface area contributed by atoms with Crippen LogP contribution in [-0.4, -0.2) is 29.2 Å². The first kappa shape index (κ1) is 14.0. The van der Waals surface area contributed by atoms with Gasteiger partial charge in [0.2, 0.25) is 0 Å². The minimum Gasteiger partial charge on any atom is -0.338 e. The van der Waals surface area contributed by atoms with Gasteiger partial charge in [0.15, 0.2) is 0 Å². The van der Waals surface area contributed by atoms with E-state index in [2.05, 4.69) is 31.9 Å². The summed E-state index contributed by atoms with van der Waals surface area (Å²) >= 11 is 6.61. The van der Waals surface area contributed by atoms with Gasteiger partial charge in [-0.25, -0.2) is 4.39 Å². The van der Waals surface area contributed by atoms with Crippen molar-refractivity contribution in [2.24, 2.45) is 5.92 Å². The Kier molecular flexibility index (Phi) is 4.78. The van der Waals surface area contributed by atoms with Gasteiger partial charge >= 0.3 is 0 Å². The molecule has 0 saturated carbocycles. The Labute approximate surface area is 123 Å². The summed E-state index contributed by atoms with van der Waals surface area (Å²) in [6.07, 6.45) is 2.15. The maximum absolute atomic E-state index is 13.4. The largest absolute Gasteiger partial charge is 0.338 e. The summed E-state index contributed by atoms with van der Waals surface area (Å²) in [6, 6.07) is 4.57. The molecule has 1 atom stereocenters. The topological polar surface area (TPSA) is 20.3 Å². The number of likely N-dealkylation sites (tertiary alicyclic amines) is 1. The molecule has 18 heavy (non-hydrogen) atoms. The smallest absolute Gasteiger partial charge is 0.255 e. The molecule has 98 valence electrons. The zero-order valence-electron chi connectivity index (χ0n) is 9.83. The highest BCUT2D eigenvalue weighted by Crippen LogP contribution is 2.25. The Bertz CT molecular complexity index is 453. The van der Waals surface area contributed by atoms with Gasteiger partial charge in [0.1, 0.15) is 5.82 Å². The van der Waals surface area contributed by atoms with E-state index in [4.69, 9.17) is 0 Å². The van der Waals surface area contributed by atoms with E-state index in [1.165, 1.54) is 6.07 Å². The van der Waals surface area contributed by atoms with Gasteiger partial charge in [-0.3, -0.25) is 4.79 Å². The van der Waals surface area contributed by atoms with Crippen LogP contribution in [0.3, 0.4) is 0 Å². The third-order valence-corrected chi connectivity index (χ3v) is 4.93. The molecule has 2 nitrogen and oxygen atoms in total. The lowest BCUT2D eigenvalue weighted by atomic mass is 9.99. The van der Waals surface area contributed by atoms with E-state index in [9.17, 15) is 9.18 Å². The van der Waals surface area contributed by atoms with Crippen molar-refractivity contribution < 1.29 is 9.18 Å². The Morgan fingerprint density at radius 1 is 1.50 bits per heavy atom. The fraction of sp³-hybridized carbons (Fsp3) is 0.462. The van der Waals surface area contributed by atoms with Crippen LogP contribution in [-0.2, 0) is 0 Å². The van der Waals surface area contributed by atoms with Crippen LogP contribution in [0.4, 0.5) is 4.39 Å². The van der Waals surface area contributed by atoms with Gasteiger partial charge in [-0.05, 0) is 46.8 Å². The number of rotatable bonds is 2. The second-order valence-electron chi connectivity index (χ2n) is 4.52. The molecule has 0 aromatic heterocycles. The normalized spacial score (nSPS) is 19.9. The minimum atomic E-state index is -0.394. The van der Waals surface area contributed by atoms with Crippen molar-refractivity contribution in [3.63, 3.8) is 0 Å². The van der Waals surface area contributed by atoms with Crippen molar-refractivity contribution in [1.29, 1.82) is 0 Å². The van der Waals surface area contributed by atoms with E-state index in [-0.39, 0.29) is 10.4 Å². The fourth-order valence-corrected chi connectivity index (χ4v) is 3.18. The van der Waals surface area contributed by atoms with Crippen molar-refractivity contribution in [2.75, 3.05) is 18.4 Å². The molecule has 1 heterocycles. The molecular formula is C13H14Br2FNO. The molecule has 0 radical (unpaired) electrons. The maximum Gasteiger partial charge on any atom is 0.255 e. The van der Waals surface area contributed by atoms with Crippen LogP contribution in [0.5, 0.6) is 0 Å². The van der Waals surface area contributed by atoms with E-state index in [1.807, 2.05) is 4.90 Å². The first-order valence-corrected chi connectivity index (χ1v) is 7.84. The van der Waals surface area contributed by atoms with Crippen LogP contribution in [0, 0.1) is 11.7 Å². The molecule has 1 fully saturated rings. The zero-order valence-corrected chi connectivity index (χ0v) is 13.0. The van der Waals surface area contributed by atoms with E-state index < -0.39 is 5.82 Å². The lowest BCUT2D eigenvalue weighted by Crippen LogP contribution is -2.40. The molecule has 0 aliphatic carbocycles. The second kappa shape index (κ2) is 6.15. The number of hydrogen-bond donors (Lipinski definition) is 0. The number of nitrogens with zero attached hydrogens (tertiary/aromatic N) is 1. The molecule has 1 aromatic carbocycles. The van der Waals surface area contributed by atoms with Crippen molar-refractivity contribution in [3.8, 4) is 0 Å². The summed E-state index contributed by atoms with van der Waals surface area (Å²) in [5.74, 6) is 0.0111. The van der Waals surface area contributed by atoms with E-state index in [0.717, 1.165) is 31.3 Å². The minimum absolute atomic E-state index is 0.0907. The molecular weight excluding hydrogens is 365 g/mol. The number of amides is 1. The maximum atomic E-state index is 13.4. The molecule has 1 aliphatic heterocycles. The number of carbonyl (C=O) groups excluding carboxylic acids is 1. The molecule has 0 bridgehead atoms. The van der Waals surface area contributed by atoms with Crippen LogP contribution in [0.1, 0.15) is 23.2 Å². The Hall–Kier alpha value is -0.420. The van der Waals surface area contributed by atoms with Crippen molar-refractivity contribution in [2.45, 2.75) is 12.8 Å². The molecule has 0 spiro atoms. The zero-order chi connectivity index (χ0) is 13.1. The number of benzene rings is 1. The number of carbonyl (C=O) groups is 1. The lowest BCUT2D eigenvalue weighted by molar-refractivity contribution is 0.0684. The summed E-state index contributed by atoms with van der Waals surface area (Å²) in [6.45, 7) is 1.50. The van der Waals surface area contributed by atoms with E-state index in [0.29, 0.717) is 11.5 Å². The molecule has 1 aliphatic rings. The van der Waals surface area contributed by atoms with Gasteiger partial charge < -0.3 is 4.90 Å². The lowest BCUT2D eigenvalue weighted by Gasteiger charge is -2.32. The quantitative estimate of drug-likeness (QED) is 0.716. The molecule has 5 heteroatoms. The Morgan fingerprint density at radius 2 is 2.28 bits per heavy atom. The molecule has 1 unspecified atom stereocenters. The molecule has 1 amide bonds. The molecule has 0 N–H and O–H groups in total. The van der Waals surface area contributed by atoms with Gasteiger partial charge in [0, 0.05) is 18.4 Å². The Balaban J connectivity index is 2.18. The highest BCUT2D eigenvalue weighted by atomic mass is 79.9. The number of halogens is 3. The van der Waals surface area contributed by atoms with Crippen LogP contribution in [0.15, 0.2) is 22.7 Å². The van der Waals surface area contributed by atoms with Gasteiger partial charge in [-0.1, -0.05) is 22.0 Å². The van der Waals surface area contributed by atoms with Gasteiger partial charge in [0.25, 0.3) is 5.91 Å². The highest BCUT2D eigenvalue weighted by Gasteiger charge is 2.25. The van der Waals surface area contributed by atoms with E-state index in [1.54, 1.807) is 12.1 Å². The van der Waals surface area contributed by atoms with E-state index >= 15 is 0 Å². The van der Waals surface area contributed by atoms with Crippen LogP contribution >= 0.6 is 31.9 Å². The first-order valence-electron chi connectivity index (χ1n) is 5.92. The summed E-state index contributed by atoms with van der Waals surface area (Å²) in [5, 5.41) is 0.904. The summed E-state index contributed by atoms with van der Waals surface area (Å²) < 4.78 is 13.7. The average Bonchev–Trinajstić information content (AvgIpc) is 2.41. The number of alkyl halides is 1. The summed E-state index contributed by atoms with van der Waals surface area (Å²) in [4.78, 5) is 14.2. The van der Waals surface area contributed by atoms with Crippen LogP contribution < -0.4 is 0 Å². The Morgan fingerprint density at radius 3 is 3.00 bits per heavy atom. The predicted molar refractivity (Wildman–Crippen MR) is 76.5 cm³/mol. The number of piperidine rings is 1. The van der Waals surface area contributed by atoms with Crippen molar-refractivity contribution >= 4 is 37.8 Å². The highest BCUT2D eigenvalue weighted by molar-refractivity contribution is 9.10. The summed E-state index contributed by atoms with van der Waals surface area (Å²) in [7, 11) is 0. The first-order chi connectivity index (χ1) is 8.63. The SMILES string of the molecule is O=C(c1cccc(F)c1Br)N1CCCC(CBr)C1. The fourth-order valence-electron chi connectivity index (χ4n) is 2.21. The molecule has 1 aromatic rings. The van der Waals surface area contributed by atoms with Crippen molar-refractivity contribution in [1.82, 2.24) is 4.90 Å². The monoisotopic (exact) mass is 377 g/mol. The van der Waals surface area contributed by atoms with Crippen LogP contribution in [0.2, 0.25) is 0 Å². The average molecular weight is 379 g/mol. The van der Waals surface area contributed by atoms with Gasteiger partial charge in [-0.15, -0.1) is 0 Å².